The molecule has 0 spiro atoms. The zero-order valence-electron chi connectivity index (χ0n) is 14.1. The van der Waals surface area contributed by atoms with Gasteiger partial charge in [0.2, 0.25) is 5.78 Å². The lowest BCUT2D eigenvalue weighted by Gasteiger charge is -2.10. The summed E-state index contributed by atoms with van der Waals surface area (Å²) in [5.74, 6) is 0.323. The summed E-state index contributed by atoms with van der Waals surface area (Å²) in [6, 6.07) is 6.82. The number of methoxy groups -OCH3 is 1. The van der Waals surface area contributed by atoms with Crippen molar-refractivity contribution in [3.63, 3.8) is 0 Å². The van der Waals surface area contributed by atoms with Gasteiger partial charge in [-0.15, -0.1) is 0 Å². The van der Waals surface area contributed by atoms with Crippen LogP contribution in [0.15, 0.2) is 24.3 Å². The van der Waals surface area contributed by atoms with Gasteiger partial charge in [0.25, 0.3) is 0 Å². The fourth-order valence-corrected chi connectivity index (χ4v) is 2.94. The Morgan fingerprint density at radius 3 is 2.67 bits per heavy atom. The number of aromatic nitrogens is 1. The Kier molecular flexibility index (Phi) is 6.72. The maximum atomic E-state index is 12.5. The molecule has 0 aliphatic heterocycles. The van der Waals surface area contributed by atoms with Gasteiger partial charge in [0.15, 0.2) is 6.61 Å². The van der Waals surface area contributed by atoms with Crippen molar-refractivity contribution in [1.29, 1.82) is 0 Å². The second kappa shape index (κ2) is 8.56. The number of carbonyl (C=O) groups excluding carboxylic acids is 1. The highest BCUT2D eigenvalue weighted by atomic mass is 35.5. The number of halogens is 2. The number of ether oxygens (including phenoxy) is 2. The third-order valence-corrected chi connectivity index (χ3v) is 4.40. The van der Waals surface area contributed by atoms with E-state index in [2.05, 4.69) is 4.57 Å². The Labute approximate surface area is 152 Å². The van der Waals surface area contributed by atoms with E-state index in [1.54, 1.807) is 25.3 Å². The van der Waals surface area contributed by atoms with Gasteiger partial charge in [0.1, 0.15) is 5.75 Å². The Bertz CT molecular complexity index is 725. The van der Waals surface area contributed by atoms with E-state index >= 15 is 0 Å². The highest BCUT2D eigenvalue weighted by Crippen LogP contribution is 2.28. The predicted molar refractivity (Wildman–Crippen MR) is 96.7 cm³/mol. The van der Waals surface area contributed by atoms with E-state index < -0.39 is 0 Å². The molecule has 0 aliphatic rings. The zero-order chi connectivity index (χ0) is 17.7. The SMILES string of the molecule is COCCCn1c(C)cc(C(=O)COc2cc(Cl)ccc2Cl)c1C. The van der Waals surface area contributed by atoms with Crippen molar-refractivity contribution in [2.45, 2.75) is 26.8 Å². The minimum Gasteiger partial charge on any atom is -0.484 e. The van der Waals surface area contributed by atoms with Crippen molar-refractivity contribution in [2.75, 3.05) is 20.3 Å². The first-order chi connectivity index (χ1) is 11.4. The van der Waals surface area contributed by atoms with E-state index in [4.69, 9.17) is 32.7 Å². The van der Waals surface area contributed by atoms with Crippen molar-refractivity contribution >= 4 is 29.0 Å². The molecule has 0 saturated heterocycles. The molecule has 0 saturated carbocycles. The first-order valence-corrected chi connectivity index (χ1v) is 8.46. The summed E-state index contributed by atoms with van der Waals surface area (Å²) in [5.41, 5.74) is 2.66. The molecular formula is C18H21Cl2NO3. The third kappa shape index (κ3) is 4.53. The number of rotatable bonds is 8. The Morgan fingerprint density at radius 2 is 1.96 bits per heavy atom. The second-order valence-corrected chi connectivity index (χ2v) is 6.41. The quantitative estimate of drug-likeness (QED) is 0.499. The molecule has 0 amide bonds. The summed E-state index contributed by atoms with van der Waals surface area (Å²) in [6.45, 7) is 5.36. The van der Waals surface area contributed by atoms with Gasteiger partial charge in [0.05, 0.1) is 5.02 Å². The summed E-state index contributed by atoms with van der Waals surface area (Å²) < 4.78 is 12.7. The molecule has 0 radical (unpaired) electrons. The van der Waals surface area contributed by atoms with E-state index in [0.29, 0.717) is 28.0 Å². The van der Waals surface area contributed by atoms with Crippen molar-refractivity contribution in [3.05, 3.63) is 51.3 Å². The number of hydrogen-bond donors (Lipinski definition) is 0. The van der Waals surface area contributed by atoms with Gasteiger partial charge in [-0.05, 0) is 38.5 Å². The predicted octanol–water partition coefficient (Wildman–Crippen LogP) is 4.71. The summed E-state index contributed by atoms with van der Waals surface area (Å²) in [6.07, 6.45) is 0.898. The maximum Gasteiger partial charge on any atom is 0.202 e. The lowest BCUT2D eigenvalue weighted by Crippen LogP contribution is -2.13. The smallest absolute Gasteiger partial charge is 0.202 e. The van der Waals surface area contributed by atoms with Crippen LogP contribution in [0.1, 0.15) is 28.2 Å². The van der Waals surface area contributed by atoms with Crippen LogP contribution in [0.2, 0.25) is 10.0 Å². The lowest BCUT2D eigenvalue weighted by molar-refractivity contribution is 0.0921. The van der Waals surface area contributed by atoms with Gasteiger partial charge in [-0.1, -0.05) is 23.2 Å². The average Bonchev–Trinajstić information content (AvgIpc) is 2.83. The highest BCUT2D eigenvalue weighted by Gasteiger charge is 2.16. The fourth-order valence-electron chi connectivity index (χ4n) is 2.60. The van der Waals surface area contributed by atoms with Gasteiger partial charge in [-0.3, -0.25) is 4.79 Å². The van der Waals surface area contributed by atoms with E-state index in [-0.39, 0.29) is 12.4 Å². The summed E-state index contributed by atoms with van der Waals surface area (Å²) in [7, 11) is 1.68. The second-order valence-electron chi connectivity index (χ2n) is 5.57. The average molecular weight is 370 g/mol. The highest BCUT2D eigenvalue weighted by molar-refractivity contribution is 6.34. The summed E-state index contributed by atoms with van der Waals surface area (Å²) >= 11 is 12.0. The number of hydrogen-bond acceptors (Lipinski definition) is 3. The van der Waals surface area contributed by atoms with Crippen LogP contribution in [0.25, 0.3) is 0 Å². The van der Waals surface area contributed by atoms with Crippen molar-refractivity contribution in [1.82, 2.24) is 4.57 Å². The normalized spacial score (nSPS) is 10.9. The van der Waals surface area contributed by atoms with E-state index in [0.717, 1.165) is 24.4 Å². The largest absolute Gasteiger partial charge is 0.484 e. The number of aryl methyl sites for hydroxylation is 1. The van der Waals surface area contributed by atoms with Gasteiger partial charge >= 0.3 is 0 Å². The monoisotopic (exact) mass is 369 g/mol. The van der Waals surface area contributed by atoms with Gasteiger partial charge in [-0.2, -0.15) is 0 Å². The Hall–Kier alpha value is -1.49. The number of Topliss-reactive ketones (excluding diaryl/α,β-unsaturated/α-hetero) is 1. The molecule has 6 heteroatoms. The summed E-state index contributed by atoms with van der Waals surface area (Å²) in [5, 5.41) is 0.940. The number of benzene rings is 1. The maximum absolute atomic E-state index is 12.5. The molecule has 1 aromatic heterocycles. The first-order valence-electron chi connectivity index (χ1n) is 7.70. The number of ketones is 1. The molecule has 24 heavy (non-hydrogen) atoms. The molecule has 2 aromatic rings. The molecule has 0 atom stereocenters. The molecule has 0 aliphatic carbocycles. The van der Waals surface area contributed by atoms with E-state index in [1.807, 2.05) is 19.9 Å². The molecule has 130 valence electrons. The Morgan fingerprint density at radius 1 is 1.21 bits per heavy atom. The number of carbonyl (C=O) groups is 1. The zero-order valence-corrected chi connectivity index (χ0v) is 15.6. The first kappa shape index (κ1) is 18.8. The van der Waals surface area contributed by atoms with Gasteiger partial charge < -0.3 is 14.0 Å². The van der Waals surface area contributed by atoms with E-state index in [1.165, 1.54) is 0 Å². The minimum atomic E-state index is -0.0860. The van der Waals surface area contributed by atoms with Crippen LogP contribution in [-0.4, -0.2) is 30.7 Å². The molecule has 2 rings (SSSR count). The van der Waals surface area contributed by atoms with Crippen molar-refractivity contribution in [2.24, 2.45) is 0 Å². The standard InChI is InChI=1S/C18H21Cl2NO3/c1-12-9-15(13(2)21(12)7-4-8-23-3)17(22)11-24-18-10-14(19)5-6-16(18)20/h5-6,9-10H,4,7-8,11H2,1-3H3. The van der Waals surface area contributed by atoms with Crippen LogP contribution in [-0.2, 0) is 11.3 Å². The van der Waals surface area contributed by atoms with Crippen LogP contribution in [0.5, 0.6) is 5.75 Å². The third-order valence-electron chi connectivity index (χ3n) is 3.86. The molecule has 1 heterocycles. The Balaban J connectivity index is 2.07. The van der Waals surface area contributed by atoms with Crippen molar-refractivity contribution in [3.8, 4) is 5.75 Å². The summed E-state index contributed by atoms with van der Waals surface area (Å²) in [4.78, 5) is 12.5. The minimum absolute atomic E-state index is 0.0809. The topological polar surface area (TPSA) is 40.5 Å². The lowest BCUT2D eigenvalue weighted by atomic mass is 10.1. The molecular weight excluding hydrogens is 349 g/mol. The van der Waals surface area contributed by atoms with Gasteiger partial charge in [-0.25, -0.2) is 0 Å². The molecule has 4 nitrogen and oxygen atoms in total. The number of nitrogens with zero attached hydrogens (tertiary/aromatic N) is 1. The van der Waals surface area contributed by atoms with Crippen LogP contribution in [0.4, 0.5) is 0 Å². The van der Waals surface area contributed by atoms with Gasteiger partial charge in [0, 0.05) is 48.3 Å². The van der Waals surface area contributed by atoms with E-state index in [9.17, 15) is 4.79 Å². The fraction of sp³-hybridized carbons (Fsp3) is 0.389. The molecule has 0 N–H and O–H groups in total. The van der Waals surface area contributed by atoms with Crippen LogP contribution >= 0.6 is 23.2 Å². The molecule has 0 fully saturated rings. The van der Waals surface area contributed by atoms with Crippen molar-refractivity contribution < 1.29 is 14.3 Å². The molecule has 0 bridgehead atoms. The van der Waals surface area contributed by atoms with Crippen LogP contribution in [0, 0.1) is 13.8 Å². The molecule has 0 unspecified atom stereocenters. The van der Waals surface area contributed by atoms with Crippen LogP contribution < -0.4 is 4.74 Å². The molecule has 1 aromatic carbocycles. The van der Waals surface area contributed by atoms with Crippen LogP contribution in [0.3, 0.4) is 0 Å².